The Balaban J connectivity index is 1.41. The third-order valence-corrected chi connectivity index (χ3v) is 6.23. The molecule has 1 aliphatic rings. The Hall–Kier alpha value is -3.43. The molecule has 9 heteroatoms. The summed E-state index contributed by atoms with van der Waals surface area (Å²) in [4.78, 5) is 39.6. The molecule has 0 atom stereocenters. The average molecular weight is 467 g/mol. The van der Waals surface area contributed by atoms with Crippen molar-refractivity contribution in [3.05, 3.63) is 77.4 Å². The van der Waals surface area contributed by atoms with Gasteiger partial charge < -0.3 is 14.5 Å². The molecule has 0 radical (unpaired) electrons. The van der Waals surface area contributed by atoms with Crippen LogP contribution in [0.1, 0.15) is 5.76 Å². The largest absolute Gasteiger partial charge is 0.495 e. The first-order valence-corrected chi connectivity index (χ1v) is 11.2. The minimum Gasteiger partial charge on any atom is -0.495 e. The lowest BCUT2D eigenvalue weighted by Crippen LogP contribution is -2.36. The molecule has 7 nitrogen and oxygen atoms in total. The maximum Gasteiger partial charge on any atom is 0.294 e. The predicted octanol–water partition coefficient (Wildman–Crippen LogP) is 5.11. The predicted molar refractivity (Wildman–Crippen MR) is 124 cm³/mol. The van der Waals surface area contributed by atoms with Gasteiger partial charge in [-0.25, -0.2) is 0 Å². The molecule has 1 aliphatic heterocycles. The number of imide groups is 1. The summed E-state index contributed by atoms with van der Waals surface area (Å²) >= 11 is 2.23. The normalized spacial score (nSPS) is 14.8. The van der Waals surface area contributed by atoms with E-state index >= 15 is 0 Å². The first-order valence-electron chi connectivity index (χ1n) is 9.54. The smallest absolute Gasteiger partial charge is 0.294 e. The molecule has 1 saturated heterocycles. The highest BCUT2D eigenvalue weighted by Crippen LogP contribution is 2.34. The SMILES string of the molecule is COc1ccccc1NC(=O)CN1C(=O)S/C(=C\c2ccc(Sc3ccccc3)o2)C1=O. The fourth-order valence-corrected chi connectivity index (χ4v) is 4.54. The van der Waals surface area contributed by atoms with E-state index < -0.39 is 23.6 Å². The third-order valence-electron chi connectivity index (χ3n) is 4.39. The molecule has 3 amide bonds. The number of anilines is 1. The van der Waals surface area contributed by atoms with Gasteiger partial charge in [-0.1, -0.05) is 42.1 Å². The van der Waals surface area contributed by atoms with E-state index in [-0.39, 0.29) is 4.91 Å². The number of thioether (sulfide) groups is 1. The van der Waals surface area contributed by atoms with Crippen molar-refractivity contribution >= 4 is 52.3 Å². The van der Waals surface area contributed by atoms with Crippen molar-refractivity contribution in [1.29, 1.82) is 0 Å². The number of hydrogen-bond acceptors (Lipinski definition) is 7. The van der Waals surface area contributed by atoms with Crippen molar-refractivity contribution in [2.75, 3.05) is 19.0 Å². The number of furan rings is 1. The molecule has 0 spiro atoms. The highest BCUT2D eigenvalue weighted by atomic mass is 32.2. The van der Waals surface area contributed by atoms with Gasteiger partial charge in [-0.2, -0.15) is 0 Å². The monoisotopic (exact) mass is 466 g/mol. The molecular formula is C23H18N2O5S2. The van der Waals surface area contributed by atoms with Gasteiger partial charge in [0, 0.05) is 11.0 Å². The molecule has 1 fully saturated rings. The Morgan fingerprint density at radius 1 is 1.09 bits per heavy atom. The van der Waals surface area contributed by atoms with Gasteiger partial charge >= 0.3 is 0 Å². The van der Waals surface area contributed by atoms with Gasteiger partial charge in [-0.3, -0.25) is 19.3 Å². The number of benzene rings is 2. The molecular weight excluding hydrogens is 448 g/mol. The summed E-state index contributed by atoms with van der Waals surface area (Å²) in [6.45, 7) is -0.396. The summed E-state index contributed by atoms with van der Waals surface area (Å²) in [5, 5.41) is 2.81. The van der Waals surface area contributed by atoms with E-state index in [2.05, 4.69) is 5.32 Å². The van der Waals surface area contributed by atoms with Crippen LogP contribution < -0.4 is 10.1 Å². The van der Waals surface area contributed by atoms with Gasteiger partial charge in [0.15, 0.2) is 5.09 Å². The zero-order chi connectivity index (χ0) is 22.5. The quantitative estimate of drug-likeness (QED) is 0.484. The van der Waals surface area contributed by atoms with Crippen molar-refractivity contribution < 1.29 is 23.5 Å². The second-order valence-corrected chi connectivity index (χ2v) is 8.66. The van der Waals surface area contributed by atoms with Gasteiger partial charge in [0.05, 0.1) is 17.7 Å². The molecule has 32 heavy (non-hydrogen) atoms. The molecule has 0 aliphatic carbocycles. The fourth-order valence-electron chi connectivity index (χ4n) is 2.92. The number of carbonyl (C=O) groups excluding carboxylic acids is 3. The van der Waals surface area contributed by atoms with Crippen LogP contribution >= 0.6 is 23.5 Å². The first kappa shape index (κ1) is 21.8. The van der Waals surface area contributed by atoms with Crippen LogP contribution in [0, 0.1) is 0 Å². The van der Waals surface area contributed by atoms with Crippen LogP contribution in [0.15, 0.2) is 86.0 Å². The molecule has 4 rings (SSSR count). The van der Waals surface area contributed by atoms with Crippen LogP contribution in [0.4, 0.5) is 10.5 Å². The summed E-state index contributed by atoms with van der Waals surface area (Å²) in [6.07, 6.45) is 1.51. The van der Waals surface area contributed by atoms with Gasteiger partial charge in [0.2, 0.25) is 5.91 Å². The lowest BCUT2D eigenvalue weighted by Gasteiger charge is -2.14. The molecule has 3 aromatic rings. The van der Waals surface area contributed by atoms with Gasteiger partial charge in [0.1, 0.15) is 18.1 Å². The molecule has 0 saturated carbocycles. The highest BCUT2D eigenvalue weighted by Gasteiger charge is 2.36. The molecule has 1 aromatic heterocycles. The Morgan fingerprint density at radius 2 is 1.84 bits per heavy atom. The number of nitrogens with one attached hydrogen (secondary N) is 1. The van der Waals surface area contributed by atoms with Crippen LogP contribution in [0.25, 0.3) is 6.08 Å². The van der Waals surface area contributed by atoms with Crippen molar-refractivity contribution in [3.8, 4) is 5.75 Å². The average Bonchev–Trinajstić information content (AvgIpc) is 3.34. The Kier molecular flexibility index (Phi) is 6.67. The van der Waals surface area contributed by atoms with Crippen molar-refractivity contribution in [2.24, 2.45) is 0 Å². The lowest BCUT2D eigenvalue weighted by molar-refractivity contribution is -0.127. The molecule has 1 N–H and O–H groups in total. The Bertz CT molecular complexity index is 1190. The second kappa shape index (κ2) is 9.80. The lowest BCUT2D eigenvalue weighted by atomic mass is 10.3. The van der Waals surface area contributed by atoms with Crippen molar-refractivity contribution in [1.82, 2.24) is 4.90 Å². The first-order chi connectivity index (χ1) is 15.5. The van der Waals surface area contributed by atoms with Crippen LogP contribution in [0.5, 0.6) is 5.75 Å². The highest BCUT2D eigenvalue weighted by molar-refractivity contribution is 8.18. The maximum absolute atomic E-state index is 12.7. The fraction of sp³-hybridized carbons (Fsp3) is 0.0870. The van der Waals surface area contributed by atoms with Crippen LogP contribution in [0.2, 0.25) is 0 Å². The number of methoxy groups -OCH3 is 1. The van der Waals surface area contributed by atoms with Gasteiger partial charge in [0.25, 0.3) is 11.1 Å². The van der Waals surface area contributed by atoms with E-state index in [1.807, 2.05) is 30.3 Å². The van der Waals surface area contributed by atoms with E-state index in [4.69, 9.17) is 9.15 Å². The number of amides is 3. The number of carbonyl (C=O) groups is 3. The summed E-state index contributed by atoms with van der Waals surface area (Å²) in [7, 11) is 1.49. The van der Waals surface area contributed by atoms with Crippen LogP contribution in [-0.2, 0) is 9.59 Å². The van der Waals surface area contributed by atoms with Crippen LogP contribution in [-0.4, -0.2) is 35.6 Å². The van der Waals surface area contributed by atoms with E-state index in [1.165, 1.54) is 24.9 Å². The van der Waals surface area contributed by atoms with E-state index in [1.54, 1.807) is 36.4 Å². The summed E-state index contributed by atoms with van der Waals surface area (Å²) < 4.78 is 10.9. The summed E-state index contributed by atoms with van der Waals surface area (Å²) in [5.74, 6) is -0.106. The zero-order valence-electron chi connectivity index (χ0n) is 16.9. The molecule has 2 heterocycles. The summed E-state index contributed by atoms with van der Waals surface area (Å²) in [5.41, 5.74) is 0.460. The third kappa shape index (κ3) is 5.06. The minimum atomic E-state index is -0.538. The van der Waals surface area contributed by atoms with E-state index in [0.717, 1.165) is 21.6 Å². The van der Waals surface area contributed by atoms with E-state index in [0.29, 0.717) is 22.3 Å². The topological polar surface area (TPSA) is 88.8 Å². The van der Waals surface area contributed by atoms with Crippen molar-refractivity contribution in [3.63, 3.8) is 0 Å². The molecule has 162 valence electrons. The number of nitrogens with zero attached hydrogens (tertiary/aromatic N) is 1. The molecule has 2 aromatic carbocycles. The second-order valence-electron chi connectivity index (χ2n) is 6.59. The number of rotatable bonds is 7. The number of para-hydroxylation sites is 2. The van der Waals surface area contributed by atoms with Gasteiger partial charge in [-0.15, -0.1) is 0 Å². The molecule has 0 unspecified atom stereocenters. The standard InChI is InChI=1S/C23H18N2O5S2/c1-29-18-10-6-5-9-17(18)24-20(26)14-25-22(27)19(32-23(25)28)13-15-11-12-21(30-15)31-16-7-3-2-4-8-16/h2-13H,14H2,1H3,(H,24,26)/b19-13-. The minimum absolute atomic E-state index is 0.200. The Labute approximate surface area is 192 Å². The number of ether oxygens (including phenoxy) is 1. The molecule has 0 bridgehead atoms. The van der Waals surface area contributed by atoms with Crippen molar-refractivity contribution in [2.45, 2.75) is 9.99 Å². The Morgan fingerprint density at radius 3 is 2.62 bits per heavy atom. The van der Waals surface area contributed by atoms with E-state index in [9.17, 15) is 14.4 Å². The zero-order valence-corrected chi connectivity index (χ0v) is 18.6. The van der Waals surface area contributed by atoms with Gasteiger partial charge in [-0.05, 0) is 48.2 Å². The number of hydrogen-bond donors (Lipinski definition) is 1. The summed E-state index contributed by atoms with van der Waals surface area (Å²) in [6, 6.07) is 20.2. The maximum atomic E-state index is 12.7. The van der Waals surface area contributed by atoms with Crippen LogP contribution in [0.3, 0.4) is 0 Å².